The molecule has 0 aliphatic carbocycles. The molecule has 0 aromatic heterocycles. The molecule has 2 nitrogen and oxygen atoms in total. The van der Waals surface area contributed by atoms with Crippen LogP contribution in [0.2, 0.25) is 10.0 Å². The molecule has 0 heterocycles. The maximum Gasteiger partial charge on any atom is 0.0595 e. The average Bonchev–Trinajstić information content (AvgIpc) is 2.32. The van der Waals surface area contributed by atoms with Gasteiger partial charge in [0.25, 0.3) is 0 Å². The molecule has 0 fully saturated rings. The Morgan fingerprint density at radius 2 is 2.12 bits per heavy atom. The zero-order valence-corrected chi connectivity index (χ0v) is 11.5. The van der Waals surface area contributed by atoms with Gasteiger partial charge in [0.1, 0.15) is 0 Å². The summed E-state index contributed by atoms with van der Waals surface area (Å²) >= 11 is 11.8. The molecule has 0 saturated carbocycles. The molecule has 0 bridgehead atoms. The highest BCUT2D eigenvalue weighted by Crippen LogP contribution is 2.23. The first-order valence-electron chi connectivity index (χ1n) is 5.63. The maximum atomic E-state index is 5.97. The number of nitrogens with two attached hydrogens (primary N) is 1. The molecule has 1 aromatic carbocycles. The summed E-state index contributed by atoms with van der Waals surface area (Å²) in [6.45, 7) is 6.08. The number of rotatable bonds is 6. The smallest absolute Gasteiger partial charge is 0.0595 e. The van der Waals surface area contributed by atoms with E-state index >= 15 is 0 Å². The van der Waals surface area contributed by atoms with Gasteiger partial charge < -0.3 is 0 Å². The second kappa shape index (κ2) is 7.02. The summed E-state index contributed by atoms with van der Waals surface area (Å²) < 4.78 is 0. The van der Waals surface area contributed by atoms with Gasteiger partial charge in [-0.3, -0.25) is 11.3 Å². The van der Waals surface area contributed by atoms with Crippen molar-refractivity contribution in [2.45, 2.75) is 32.2 Å². The van der Waals surface area contributed by atoms with Crippen molar-refractivity contribution in [2.24, 2.45) is 5.84 Å². The molecule has 4 heteroatoms. The normalized spacial score (nSPS) is 12.5. The quantitative estimate of drug-likeness (QED) is 0.471. The van der Waals surface area contributed by atoms with Crippen molar-refractivity contribution in [3.8, 4) is 0 Å². The van der Waals surface area contributed by atoms with Crippen LogP contribution in [-0.4, -0.2) is 6.04 Å². The summed E-state index contributed by atoms with van der Waals surface area (Å²) in [6.07, 6.45) is 2.65. The Hall–Kier alpha value is -0.540. The highest BCUT2D eigenvalue weighted by Gasteiger charge is 2.10. The molecule has 3 N–H and O–H groups in total. The molecule has 1 atom stereocenters. The summed E-state index contributed by atoms with van der Waals surface area (Å²) in [7, 11) is 0. The van der Waals surface area contributed by atoms with Crippen LogP contribution in [-0.2, 0) is 6.42 Å². The van der Waals surface area contributed by atoms with Gasteiger partial charge in [-0.05, 0) is 37.0 Å². The van der Waals surface area contributed by atoms with Gasteiger partial charge >= 0.3 is 0 Å². The van der Waals surface area contributed by atoms with Crippen LogP contribution in [0.3, 0.4) is 0 Å². The third kappa shape index (κ3) is 4.68. The highest BCUT2D eigenvalue weighted by molar-refractivity contribution is 6.42. The van der Waals surface area contributed by atoms with Crippen LogP contribution in [0.5, 0.6) is 0 Å². The number of hydrogen-bond donors (Lipinski definition) is 2. The zero-order valence-electron chi connectivity index (χ0n) is 9.97. The van der Waals surface area contributed by atoms with Gasteiger partial charge in [0.2, 0.25) is 0 Å². The minimum Gasteiger partial charge on any atom is -0.271 e. The van der Waals surface area contributed by atoms with E-state index in [1.54, 1.807) is 6.07 Å². The van der Waals surface area contributed by atoms with E-state index in [-0.39, 0.29) is 6.04 Å². The van der Waals surface area contributed by atoms with E-state index in [4.69, 9.17) is 29.0 Å². The topological polar surface area (TPSA) is 38.0 Å². The first-order valence-corrected chi connectivity index (χ1v) is 6.39. The predicted molar refractivity (Wildman–Crippen MR) is 75.3 cm³/mol. The fraction of sp³-hybridized carbons (Fsp3) is 0.385. The molecular weight excluding hydrogens is 255 g/mol. The molecule has 1 unspecified atom stereocenters. The third-order valence-electron chi connectivity index (χ3n) is 2.74. The van der Waals surface area contributed by atoms with Gasteiger partial charge in [-0.1, -0.05) is 48.3 Å². The summed E-state index contributed by atoms with van der Waals surface area (Å²) in [5.74, 6) is 5.54. The molecule has 0 amide bonds. The zero-order chi connectivity index (χ0) is 12.8. The average molecular weight is 273 g/mol. The molecule has 1 rings (SSSR count). The number of nitrogens with one attached hydrogen (secondary N) is 1. The van der Waals surface area contributed by atoms with Gasteiger partial charge in [0, 0.05) is 6.04 Å². The summed E-state index contributed by atoms with van der Waals surface area (Å²) in [4.78, 5) is 0. The molecule has 17 heavy (non-hydrogen) atoms. The van der Waals surface area contributed by atoms with Crippen molar-refractivity contribution >= 4 is 23.2 Å². The molecule has 1 aromatic rings. The van der Waals surface area contributed by atoms with Crippen molar-refractivity contribution in [3.63, 3.8) is 0 Å². The van der Waals surface area contributed by atoms with Crippen LogP contribution in [0.15, 0.2) is 30.4 Å². The van der Waals surface area contributed by atoms with Gasteiger partial charge in [0.15, 0.2) is 0 Å². The molecule has 0 saturated heterocycles. The second-order valence-corrected chi connectivity index (χ2v) is 4.94. The summed E-state index contributed by atoms with van der Waals surface area (Å²) in [5.41, 5.74) is 5.12. The lowest BCUT2D eigenvalue weighted by Crippen LogP contribution is -2.37. The van der Waals surface area contributed by atoms with Crippen molar-refractivity contribution < 1.29 is 0 Å². The van der Waals surface area contributed by atoms with Crippen LogP contribution in [0.4, 0.5) is 0 Å². The molecule has 0 radical (unpaired) electrons. The van der Waals surface area contributed by atoms with Crippen molar-refractivity contribution in [3.05, 3.63) is 46.0 Å². The lowest BCUT2D eigenvalue weighted by atomic mass is 9.99. The SMILES string of the molecule is C=C(CC)CC(Cc1ccc(Cl)c(Cl)c1)NN. The fourth-order valence-electron chi connectivity index (χ4n) is 1.63. The first-order chi connectivity index (χ1) is 8.06. The minimum absolute atomic E-state index is 0.180. The molecule has 94 valence electrons. The maximum absolute atomic E-state index is 5.97. The van der Waals surface area contributed by atoms with Gasteiger partial charge in [0.05, 0.1) is 10.0 Å². The van der Waals surface area contributed by atoms with Crippen molar-refractivity contribution in [2.75, 3.05) is 0 Å². The van der Waals surface area contributed by atoms with E-state index < -0.39 is 0 Å². The Balaban J connectivity index is 2.67. The molecule has 0 aliphatic heterocycles. The van der Waals surface area contributed by atoms with Crippen LogP contribution < -0.4 is 11.3 Å². The van der Waals surface area contributed by atoms with E-state index in [1.165, 1.54) is 5.57 Å². The van der Waals surface area contributed by atoms with Crippen molar-refractivity contribution in [1.82, 2.24) is 5.43 Å². The minimum atomic E-state index is 0.180. The van der Waals surface area contributed by atoms with Gasteiger partial charge in [-0.25, -0.2) is 0 Å². The lowest BCUT2D eigenvalue weighted by Gasteiger charge is -2.17. The monoisotopic (exact) mass is 272 g/mol. The van der Waals surface area contributed by atoms with Crippen LogP contribution in [0.25, 0.3) is 0 Å². The Bertz CT molecular complexity index is 391. The number of hydrazine groups is 1. The van der Waals surface area contributed by atoms with Crippen LogP contribution in [0.1, 0.15) is 25.3 Å². The van der Waals surface area contributed by atoms with E-state index in [9.17, 15) is 0 Å². The van der Waals surface area contributed by atoms with Crippen LogP contribution in [0, 0.1) is 0 Å². The second-order valence-electron chi connectivity index (χ2n) is 4.12. The molecular formula is C13H18Cl2N2. The Kier molecular flexibility index (Phi) is 6.00. The van der Waals surface area contributed by atoms with Crippen molar-refractivity contribution in [1.29, 1.82) is 0 Å². The van der Waals surface area contributed by atoms with Gasteiger partial charge in [-0.2, -0.15) is 0 Å². The standard InChI is InChI=1S/C13H18Cl2N2/c1-3-9(2)6-11(17-16)7-10-4-5-12(14)13(15)8-10/h4-5,8,11,17H,2-3,6-7,16H2,1H3. The Morgan fingerprint density at radius 1 is 1.41 bits per heavy atom. The number of benzene rings is 1. The van der Waals surface area contributed by atoms with Gasteiger partial charge in [-0.15, -0.1) is 0 Å². The largest absolute Gasteiger partial charge is 0.271 e. The van der Waals surface area contributed by atoms with E-state index in [0.717, 1.165) is 24.8 Å². The third-order valence-corrected chi connectivity index (χ3v) is 3.48. The van der Waals surface area contributed by atoms with E-state index in [1.807, 2.05) is 12.1 Å². The van der Waals surface area contributed by atoms with Crippen LogP contribution >= 0.6 is 23.2 Å². The van der Waals surface area contributed by atoms with E-state index in [0.29, 0.717) is 10.0 Å². The number of hydrogen-bond acceptors (Lipinski definition) is 2. The predicted octanol–water partition coefficient (Wildman–Crippen LogP) is 3.72. The molecule has 0 spiro atoms. The fourth-order valence-corrected chi connectivity index (χ4v) is 1.95. The Labute approximate surface area is 113 Å². The summed E-state index contributed by atoms with van der Waals surface area (Å²) in [5, 5.41) is 1.15. The summed E-state index contributed by atoms with van der Waals surface area (Å²) in [6, 6.07) is 5.83. The Morgan fingerprint density at radius 3 is 2.65 bits per heavy atom. The first kappa shape index (κ1) is 14.5. The van der Waals surface area contributed by atoms with E-state index in [2.05, 4.69) is 18.9 Å². The highest BCUT2D eigenvalue weighted by atomic mass is 35.5. The number of halogens is 2. The lowest BCUT2D eigenvalue weighted by molar-refractivity contribution is 0.516. The molecule has 0 aliphatic rings.